The number of rotatable bonds is 4. The number of hydrogen-bond acceptors (Lipinski definition) is 5. The average molecular weight is 376 g/mol. The number of halogens is 3. The van der Waals surface area contributed by atoms with Crippen LogP contribution in [0, 0.1) is 0 Å². The topological polar surface area (TPSA) is 74.3 Å². The summed E-state index contributed by atoms with van der Waals surface area (Å²) in [6.45, 7) is 0.484. The van der Waals surface area contributed by atoms with Crippen molar-refractivity contribution in [3.63, 3.8) is 0 Å². The fourth-order valence-electron chi connectivity index (χ4n) is 2.64. The Labute approximate surface area is 151 Å². The number of nitrogens with zero attached hydrogens (tertiary/aromatic N) is 7. The monoisotopic (exact) mass is 375 g/mol. The van der Waals surface area contributed by atoms with Crippen LogP contribution in [0.15, 0.2) is 36.7 Å². The Bertz CT molecular complexity index is 1070. The number of fused-ring (bicyclic) bond motifs is 1. The van der Waals surface area contributed by atoms with E-state index in [2.05, 4.69) is 25.1 Å². The Morgan fingerprint density at radius 1 is 1.12 bits per heavy atom. The second-order valence-corrected chi connectivity index (χ2v) is 5.97. The van der Waals surface area contributed by atoms with Gasteiger partial charge >= 0.3 is 0 Å². The van der Waals surface area contributed by atoms with Gasteiger partial charge in [0.2, 0.25) is 11.1 Å². The molecule has 0 N–H and O–H groups in total. The van der Waals surface area contributed by atoms with Gasteiger partial charge in [-0.1, -0.05) is 24.3 Å². The first kappa shape index (κ1) is 16.5. The highest BCUT2D eigenvalue weighted by molar-refractivity contribution is 6.28. The van der Waals surface area contributed by atoms with Gasteiger partial charge in [-0.3, -0.25) is 0 Å². The van der Waals surface area contributed by atoms with Crippen LogP contribution in [0.5, 0.6) is 0 Å². The molecule has 0 spiro atoms. The van der Waals surface area contributed by atoms with Crippen molar-refractivity contribution in [2.24, 2.45) is 7.05 Å². The van der Waals surface area contributed by atoms with Crippen molar-refractivity contribution in [2.75, 3.05) is 0 Å². The zero-order valence-corrected chi connectivity index (χ0v) is 14.3. The molecule has 0 bridgehead atoms. The van der Waals surface area contributed by atoms with E-state index in [1.165, 1.54) is 4.68 Å². The summed E-state index contributed by atoms with van der Waals surface area (Å²) in [7, 11) is 1.58. The lowest BCUT2D eigenvalue weighted by Crippen LogP contribution is -2.03. The molecule has 3 aromatic heterocycles. The van der Waals surface area contributed by atoms with Crippen LogP contribution in [0.2, 0.25) is 5.28 Å². The maximum Gasteiger partial charge on any atom is 0.299 e. The molecule has 0 saturated heterocycles. The second kappa shape index (κ2) is 6.41. The zero-order chi connectivity index (χ0) is 18.3. The zero-order valence-electron chi connectivity index (χ0n) is 13.5. The highest BCUT2D eigenvalue weighted by atomic mass is 35.5. The number of aryl methyl sites for hydroxylation is 1. The molecule has 4 aromatic rings. The highest BCUT2D eigenvalue weighted by Crippen LogP contribution is 2.22. The first-order valence-electron chi connectivity index (χ1n) is 7.64. The molecule has 0 unspecified atom stereocenters. The Kier molecular flexibility index (Phi) is 4.08. The molecule has 10 heteroatoms. The molecule has 0 aliphatic heterocycles. The van der Waals surface area contributed by atoms with Crippen molar-refractivity contribution < 1.29 is 8.78 Å². The second-order valence-electron chi connectivity index (χ2n) is 5.64. The quantitative estimate of drug-likeness (QED) is 0.512. The largest absolute Gasteiger partial charge is 0.299 e. The Hall–Kier alpha value is -2.94. The maximum atomic E-state index is 12.7. The lowest BCUT2D eigenvalue weighted by Gasteiger charge is -2.05. The van der Waals surface area contributed by atoms with Crippen LogP contribution >= 0.6 is 11.6 Å². The van der Waals surface area contributed by atoms with E-state index in [1.807, 2.05) is 24.3 Å². The van der Waals surface area contributed by atoms with Gasteiger partial charge in [0.1, 0.15) is 0 Å². The lowest BCUT2D eigenvalue weighted by molar-refractivity contribution is 0.140. The Morgan fingerprint density at radius 3 is 2.58 bits per heavy atom. The minimum Gasteiger partial charge on any atom is -0.248 e. The van der Waals surface area contributed by atoms with Gasteiger partial charge in [-0.05, 0) is 17.2 Å². The van der Waals surface area contributed by atoms with E-state index in [9.17, 15) is 8.78 Å². The summed E-state index contributed by atoms with van der Waals surface area (Å²) < 4.78 is 28.5. The van der Waals surface area contributed by atoms with Crippen LogP contribution in [0.25, 0.3) is 22.4 Å². The first-order chi connectivity index (χ1) is 12.5. The van der Waals surface area contributed by atoms with Gasteiger partial charge in [0, 0.05) is 18.8 Å². The molecule has 132 valence electrons. The highest BCUT2D eigenvalue weighted by Gasteiger charge is 2.17. The first-order valence-corrected chi connectivity index (χ1v) is 8.01. The van der Waals surface area contributed by atoms with Gasteiger partial charge in [0.25, 0.3) is 6.43 Å². The molecule has 1 aromatic carbocycles. The SMILES string of the molecule is Cn1nc(C(F)F)nc1-c1ccc(Cn2ncc3cnc(Cl)nc32)cc1. The molecule has 0 fully saturated rings. The van der Waals surface area contributed by atoms with Crippen molar-refractivity contribution in [1.82, 2.24) is 34.5 Å². The van der Waals surface area contributed by atoms with Gasteiger partial charge < -0.3 is 0 Å². The molecule has 4 rings (SSSR count). The minimum atomic E-state index is -2.70. The van der Waals surface area contributed by atoms with E-state index in [0.717, 1.165) is 10.9 Å². The number of alkyl halides is 2. The molecule has 0 radical (unpaired) electrons. The third-order valence-electron chi connectivity index (χ3n) is 3.87. The molecule has 0 amide bonds. The Balaban J connectivity index is 1.61. The molecule has 0 aliphatic rings. The summed E-state index contributed by atoms with van der Waals surface area (Å²) in [5, 5.41) is 8.98. The van der Waals surface area contributed by atoms with E-state index >= 15 is 0 Å². The Morgan fingerprint density at radius 2 is 1.88 bits per heavy atom. The third-order valence-corrected chi connectivity index (χ3v) is 4.05. The molecule has 0 saturated carbocycles. The number of hydrogen-bond donors (Lipinski definition) is 0. The normalized spacial score (nSPS) is 11.6. The molecule has 7 nitrogen and oxygen atoms in total. The van der Waals surface area contributed by atoms with Gasteiger partial charge in [0.05, 0.1) is 18.1 Å². The van der Waals surface area contributed by atoms with E-state index in [4.69, 9.17) is 11.6 Å². The predicted molar refractivity (Wildman–Crippen MR) is 90.8 cm³/mol. The van der Waals surface area contributed by atoms with E-state index < -0.39 is 12.2 Å². The van der Waals surface area contributed by atoms with Crippen LogP contribution in [0.3, 0.4) is 0 Å². The summed E-state index contributed by atoms with van der Waals surface area (Å²) in [6.07, 6.45) is 0.591. The van der Waals surface area contributed by atoms with Gasteiger partial charge in [-0.15, -0.1) is 5.10 Å². The van der Waals surface area contributed by atoms with Crippen molar-refractivity contribution >= 4 is 22.6 Å². The van der Waals surface area contributed by atoms with Crippen molar-refractivity contribution in [3.05, 3.63) is 53.3 Å². The molecule has 26 heavy (non-hydrogen) atoms. The van der Waals surface area contributed by atoms with Gasteiger partial charge in [0.15, 0.2) is 11.5 Å². The van der Waals surface area contributed by atoms with Crippen molar-refractivity contribution in [2.45, 2.75) is 13.0 Å². The van der Waals surface area contributed by atoms with E-state index in [0.29, 0.717) is 23.6 Å². The van der Waals surface area contributed by atoms with Gasteiger partial charge in [-0.25, -0.2) is 28.1 Å². The summed E-state index contributed by atoms with van der Waals surface area (Å²) in [6, 6.07) is 7.37. The standard InChI is InChI=1S/C16H12ClF2N7/c1-25-14(22-13(24-25)12(18)19)10-4-2-9(3-5-10)8-26-15-11(7-21-26)6-20-16(17)23-15/h2-7,12H,8H2,1H3. The summed E-state index contributed by atoms with van der Waals surface area (Å²) in [5.74, 6) is -0.0953. The summed E-state index contributed by atoms with van der Waals surface area (Å²) in [5.41, 5.74) is 2.31. The molecular formula is C16H12ClF2N7. The fraction of sp³-hybridized carbons (Fsp3) is 0.188. The summed E-state index contributed by atoms with van der Waals surface area (Å²) in [4.78, 5) is 12.0. The number of benzene rings is 1. The van der Waals surface area contributed by atoms with Crippen LogP contribution in [-0.2, 0) is 13.6 Å². The molecule has 3 heterocycles. The van der Waals surface area contributed by atoms with Crippen LogP contribution in [-0.4, -0.2) is 34.5 Å². The lowest BCUT2D eigenvalue weighted by atomic mass is 10.1. The fourth-order valence-corrected chi connectivity index (χ4v) is 2.77. The number of aromatic nitrogens is 7. The molecular weight excluding hydrogens is 364 g/mol. The minimum absolute atomic E-state index is 0.159. The van der Waals surface area contributed by atoms with Crippen molar-refractivity contribution in [1.29, 1.82) is 0 Å². The molecule has 0 atom stereocenters. The van der Waals surface area contributed by atoms with Crippen LogP contribution in [0.4, 0.5) is 8.78 Å². The predicted octanol–water partition coefficient (Wildman–Crippen LogP) is 3.26. The maximum absolute atomic E-state index is 12.7. The van der Waals surface area contributed by atoms with Crippen molar-refractivity contribution in [3.8, 4) is 11.4 Å². The third kappa shape index (κ3) is 3.01. The summed E-state index contributed by atoms with van der Waals surface area (Å²) >= 11 is 5.85. The van der Waals surface area contributed by atoms with E-state index in [-0.39, 0.29) is 5.28 Å². The van der Waals surface area contributed by atoms with Gasteiger partial charge in [-0.2, -0.15) is 10.1 Å². The smallest absolute Gasteiger partial charge is 0.248 e. The van der Waals surface area contributed by atoms with Crippen LogP contribution in [0.1, 0.15) is 17.8 Å². The van der Waals surface area contributed by atoms with Crippen LogP contribution < -0.4 is 0 Å². The molecule has 0 aliphatic carbocycles. The average Bonchev–Trinajstić information content (AvgIpc) is 3.20. The van der Waals surface area contributed by atoms with E-state index in [1.54, 1.807) is 24.1 Å².